The molecule has 0 atom stereocenters. The average molecular weight is 310 g/mol. The Kier molecular flexibility index (Phi) is 3.62. The molecular formula is C13H9BrFNO2. The largest absolute Gasteiger partial charge is 0.455 e. The van der Waals surface area contributed by atoms with E-state index < -0.39 is 11.7 Å². The van der Waals surface area contributed by atoms with E-state index in [1.54, 1.807) is 18.2 Å². The standard InChI is InChI=1S/C13H9BrFNO2/c14-10-3-1-2-4-12(10)18-11-6-5-8(15)7-9(11)13(16)17/h1-7H,(H2,16,17). The molecule has 0 spiro atoms. The maximum absolute atomic E-state index is 13.1. The first-order valence-corrected chi connectivity index (χ1v) is 5.89. The highest BCUT2D eigenvalue weighted by molar-refractivity contribution is 9.10. The molecule has 0 aliphatic carbocycles. The number of amides is 1. The minimum Gasteiger partial charge on any atom is -0.455 e. The fourth-order valence-corrected chi connectivity index (χ4v) is 1.80. The van der Waals surface area contributed by atoms with Gasteiger partial charge in [-0.05, 0) is 46.3 Å². The van der Waals surface area contributed by atoms with Crippen molar-refractivity contribution in [3.05, 3.63) is 58.3 Å². The highest BCUT2D eigenvalue weighted by Gasteiger charge is 2.12. The molecule has 0 aliphatic rings. The van der Waals surface area contributed by atoms with E-state index in [-0.39, 0.29) is 11.3 Å². The van der Waals surface area contributed by atoms with Gasteiger partial charge in [0, 0.05) is 0 Å². The number of benzene rings is 2. The molecule has 0 radical (unpaired) electrons. The van der Waals surface area contributed by atoms with Gasteiger partial charge in [0.15, 0.2) is 0 Å². The Bertz CT molecular complexity index is 601. The molecule has 0 fully saturated rings. The monoisotopic (exact) mass is 309 g/mol. The number of para-hydroxylation sites is 1. The van der Waals surface area contributed by atoms with Crippen LogP contribution in [0.3, 0.4) is 0 Å². The van der Waals surface area contributed by atoms with E-state index in [9.17, 15) is 9.18 Å². The molecular weight excluding hydrogens is 301 g/mol. The molecule has 92 valence electrons. The van der Waals surface area contributed by atoms with E-state index in [1.165, 1.54) is 12.1 Å². The van der Waals surface area contributed by atoms with Crippen molar-refractivity contribution in [3.8, 4) is 11.5 Å². The molecule has 2 N–H and O–H groups in total. The van der Waals surface area contributed by atoms with E-state index in [0.29, 0.717) is 5.75 Å². The molecule has 5 heteroatoms. The van der Waals surface area contributed by atoms with E-state index in [2.05, 4.69) is 15.9 Å². The maximum Gasteiger partial charge on any atom is 0.252 e. The lowest BCUT2D eigenvalue weighted by molar-refractivity contribution is 0.0997. The van der Waals surface area contributed by atoms with Gasteiger partial charge in [-0.1, -0.05) is 12.1 Å². The van der Waals surface area contributed by atoms with Crippen LogP contribution in [0.4, 0.5) is 4.39 Å². The molecule has 0 saturated heterocycles. The van der Waals surface area contributed by atoms with Crippen molar-refractivity contribution in [3.63, 3.8) is 0 Å². The number of ether oxygens (including phenoxy) is 1. The number of hydrogen-bond donors (Lipinski definition) is 1. The summed E-state index contributed by atoms with van der Waals surface area (Å²) >= 11 is 3.31. The van der Waals surface area contributed by atoms with Crippen molar-refractivity contribution in [2.45, 2.75) is 0 Å². The second-order valence-corrected chi connectivity index (χ2v) is 4.39. The van der Waals surface area contributed by atoms with Gasteiger partial charge >= 0.3 is 0 Å². The lowest BCUT2D eigenvalue weighted by Crippen LogP contribution is -2.12. The fourth-order valence-electron chi connectivity index (χ4n) is 1.43. The Labute approximate surface area is 112 Å². The molecule has 0 unspecified atom stereocenters. The molecule has 0 aliphatic heterocycles. The topological polar surface area (TPSA) is 52.3 Å². The summed E-state index contributed by atoms with van der Waals surface area (Å²) in [4.78, 5) is 11.2. The van der Waals surface area contributed by atoms with Crippen molar-refractivity contribution in [1.82, 2.24) is 0 Å². The Morgan fingerprint density at radius 1 is 1.17 bits per heavy atom. The van der Waals surface area contributed by atoms with E-state index in [4.69, 9.17) is 10.5 Å². The number of carbonyl (C=O) groups excluding carboxylic acids is 1. The molecule has 0 bridgehead atoms. The molecule has 0 saturated carbocycles. The zero-order chi connectivity index (χ0) is 13.1. The first-order chi connectivity index (χ1) is 8.58. The van der Waals surface area contributed by atoms with Crippen LogP contribution in [0.2, 0.25) is 0 Å². The fraction of sp³-hybridized carbons (Fsp3) is 0. The second kappa shape index (κ2) is 5.18. The summed E-state index contributed by atoms with van der Waals surface area (Å²) in [5.74, 6) is -0.540. The van der Waals surface area contributed by atoms with Crippen LogP contribution >= 0.6 is 15.9 Å². The summed E-state index contributed by atoms with van der Waals surface area (Å²) in [6.07, 6.45) is 0. The predicted molar refractivity (Wildman–Crippen MR) is 69.1 cm³/mol. The number of rotatable bonds is 3. The minimum absolute atomic E-state index is 0.00533. The van der Waals surface area contributed by atoms with Crippen molar-refractivity contribution in [2.24, 2.45) is 5.73 Å². The summed E-state index contributed by atoms with van der Waals surface area (Å²) in [5.41, 5.74) is 5.18. The lowest BCUT2D eigenvalue weighted by atomic mass is 10.2. The Balaban J connectivity index is 2.41. The van der Waals surface area contributed by atoms with Gasteiger partial charge in [-0.25, -0.2) is 4.39 Å². The van der Waals surface area contributed by atoms with Crippen LogP contribution in [0.1, 0.15) is 10.4 Å². The number of halogens is 2. The zero-order valence-corrected chi connectivity index (χ0v) is 10.8. The van der Waals surface area contributed by atoms with Gasteiger partial charge in [0.2, 0.25) is 0 Å². The number of carbonyl (C=O) groups is 1. The summed E-state index contributed by atoms with van der Waals surface area (Å²) in [6, 6.07) is 10.8. The van der Waals surface area contributed by atoms with E-state index >= 15 is 0 Å². The highest BCUT2D eigenvalue weighted by Crippen LogP contribution is 2.31. The first kappa shape index (κ1) is 12.6. The van der Waals surface area contributed by atoms with Crippen LogP contribution in [0.15, 0.2) is 46.9 Å². The summed E-state index contributed by atoms with van der Waals surface area (Å²) in [6.45, 7) is 0. The third kappa shape index (κ3) is 2.68. The third-order valence-corrected chi connectivity index (χ3v) is 2.92. The normalized spacial score (nSPS) is 10.1. The molecule has 2 aromatic rings. The van der Waals surface area contributed by atoms with Gasteiger partial charge in [-0.3, -0.25) is 4.79 Å². The van der Waals surface area contributed by atoms with E-state index in [0.717, 1.165) is 10.5 Å². The van der Waals surface area contributed by atoms with Crippen molar-refractivity contribution in [1.29, 1.82) is 0 Å². The van der Waals surface area contributed by atoms with Crippen LogP contribution in [-0.4, -0.2) is 5.91 Å². The van der Waals surface area contributed by atoms with Gasteiger partial charge in [0.25, 0.3) is 5.91 Å². The Hall–Kier alpha value is -1.88. The number of nitrogens with two attached hydrogens (primary N) is 1. The predicted octanol–water partition coefficient (Wildman–Crippen LogP) is 3.48. The number of primary amides is 1. The molecule has 3 nitrogen and oxygen atoms in total. The van der Waals surface area contributed by atoms with Crippen LogP contribution in [0, 0.1) is 5.82 Å². The molecule has 0 heterocycles. The zero-order valence-electron chi connectivity index (χ0n) is 9.19. The van der Waals surface area contributed by atoms with E-state index in [1.807, 2.05) is 6.07 Å². The third-order valence-electron chi connectivity index (χ3n) is 2.26. The molecule has 2 rings (SSSR count). The van der Waals surface area contributed by atoms with Gasteiger partial charge < -0.3 is 10.5 Å². The summed E-state index contributed by atoms with van der Waals surface area (Å²) in [5, 5.41) is 0. The van der Waals surface area contributed by atoms with Gasteiger partial charge in [-0.15, -0.1) is 0 Å². The van der Waals surface area contributed by atoms with Crippen molar-refractivity contribution >= 4 is 21.8 Å². The van der Waals surface area contributed by atoms with Crippen LogP contribution in [0.25, 0.3) is 0 Å². The van der Waals surface area contributed by atoms with Crippen LogP contribution < -0.4 is 10.5 Å². The quantitative estimate of drug-likeness (QED) is 0.943. The van der Waals surface area contributed by atoms with Crippen LogP contribution in [0.5, 0.6) is 11.5 Å². The Morgan fingerprint density at radius 3 is 2.56 bits per heavy atom. The van der Waals surface area contributed by atoms with Gasteiger partial charge in [-0.2, -0.15) is 0 Å². The van der Waals surface area contributed by atoms with Gasteiger partial charge in [0.05, 0.1) is 10.0 Å². The molecule has 1 amide bonds. The highest BCUT2D eigenvalue weighted by atomic mass is 79.9. The average Bonchev–Trinajstić information content (AvgIpc) is 2.34. The van der Waals surface area contributed by atoms with Crippen molar-refractivity contribution in [2.75, 3.05) is 0 Å². The first-order valence-electron chi connectivity index (χ1n) is 5.09. The molecule has 18 heavy (non-hydrogen) atoms. The summed E-state index contributed by atoms with van der Waals surface area (Å²) in [7, 11) is 0. The number of hydrogen-bond acceptors (Lipinski definition) is 2. The minimum atomic E-state index is -0.739. The molecule has 2 aromatic carbocycles. The van der Waals surface area contributed by atoms with Gasteiger partial charge in [0.1, 0.15) is 17.3 Å². The van der Waals surface area contributed by atoms with Crippen molar-refractivity contribution < 1.29 is 13.9 Å². The Morgan fingerprint density at radius 2 is 1.89 bits per heavy atom. The SMILES string of the molecule is NC(=O)c1cc(F)ccc1Oc1ccccc1Br. The maximum atomic E-state index is 13.1. The van der Waals surface area contributed by atoms with Crippen LogP contribution in [-0.2, 0) is 0 Å². The summed E-state index contributed by atoms with van der Waals surface area (Å²) < 4.78 is 19.3. The second-order valence-electron chi connectivity index (χ2n) is 3.54. The molecule has 0 aromatic heterocycles. The lowest BCUT2D eigenvalue weighted by Gasteiger charge is -2.10. The smallest absolute Gasteiger partial charge is 0.252 e.